The lowest BCUT2D eigenvalue weighted by atomic mass is 10.1. The molecule has 2 saturated heterocycles. The van der Waals surface area contributed by atoms with Crippen molar-refractivity contribution < 1.29 is 4.79 Å². The van der Waals surface area contributed by atoms with E-state index in [1.54, 1.807) is 18.3 Å². The zero-order valence-electron chi connectivity index (χ0n) is 11.2. The Labute approximate surface area is 113 Å². The van der Waals surface area contributed by atoms with Crippen molar-refractivity contribution in [2.24, 2.45) is 0 Å². The van der Waals surface area contributed by atoms with Crippen LogP contribution in [0.2, 0.25) is 0 Å². The minimum Gasteiger partial charge on any atom is -0.383 e. The molecule has 0 saturated carbocycles. The number of amides is 1. The number of hydrogen-bond acceptors (Lipinski definition) is 4. The van der Waals surface area contributed by atoms with Crippen LogP contribution in [0.25, 0.3) is 0 Å². The smallest absolute Gasteiger partial charge is 0.257 e. The van der Waals surface area contributed by atoms with Crippen LogP contribution in [0.4, 0.5) is 5.82 Å². The molecule has 5 nitrogen and oxygen atoms in total. The number of rotatable bonds is 1. The summed E-state index contributed by atoms with van der Waals surface area (Å²) in [6, 6.07) is 4.65. The molecule has 2 fully saturated rings. The van der Waals surface area contributed by atoms with Crippen LogP contribution < -0.4 is 5.73 Å². The highest BCUT2D eigenvalue weighted by molar-refractivity contribution is 5.98. The van der Waals surface area contributed by atoms with Crippen molar-refractivity contribution in [2.75, 3.05) is 25.9 Å². The van der Waals surface area contributed by atoms with Crippen LogP contribution >= 0.6 is 0 Å². The third-order valence-electron chi connectivity index (χ3n) is 4.50. The van der Waals surface area contributed by atoms with Crippen molar-refractivity contribution in [2.45, 2.75) is 31.3 Å². The summed E-state index contributed by atoms with van der Waals surface area (Å²) in [5.41, 5.74) is 6.33. The van der Waals surface area contributed by atoms with Gasteiger partial charge in [0.2, 0.25) is 0 Å². The summed E-state index contributed by atoms with van der Waals surface area (Å²) in [5, 5.41) is 0. The summed E-state index contributed by atoms with van der Waals surface area (Å²) >= 11 is 0. The summed E-state index contributed by atoms with van der Waals surface area (Å²) in [7, 11) is 2.18. The van der Waals surface area contributed by atoms with E-state index in [0.29, 0.717) is 23.5 Å². The number of anilines is 1. The maximum atomic E-state index is 12.5. The molecule has 19 heavy (non-hydrogen) atoms. The van der Waals surface area contributed by atoms with Crippen LogP contribution in [-0.2, 0) is 0 Å². The van der Waals surface area contributed by atoms with E-state index in [-0.39, 0.29) is 5.91 Å². The second-order valence-electron chi connectivity index (χ2n) is 5.53. The number of likely N-dealkylation sites (N-methyl/N-ethyl adjacent to an activating group) is 1. The van der Waals surface area contributed by atoms with Gasteiger partial charge in [-0.05, 0) is 38.4 Å². The Morgan fingerprint density at radius 1 is 1.37 bits per heavy atom. The number of nitrogens with two attached hydrogens (primary N) is 1. The maximum Gasteiger partial charge on any atom is 0.257 e. The van der Waals surface area contributed by atoms with E-state index < -0.39 is 0 Å². The lowest BCUT2D eigenvalue weighted by molar-refractivity contribution is 0.0741. The standard InChI is InChI=1S/C14H20N4O/c1-17-10-4-5-11(17)9-18(8-6-10)14(19)12-3-2-7-16-13(12)15/h2-3,7,10-11H,4-6,8-9H2,1H3,(H2,15,16). The van der Waals surface area contributed by atoms with Gasteiger partial charge < -0.3 is 10.6 Å². The molecule has 0 spiro atoms. The van der Waals surface area contributed by atoms with E-state index in [1.165, 1.54) is 12.8 Å². The Hall–Kier alpha value is -1.62. The van der Waals surface area contributed by atoms with Crippen molar-refractivity contribution >= 4 is 11.7 Å². The maximum absolute atomic E-state index is 12.5. The predicted molar refractivity (Wildman–Crippen MR) is 73.7 cm³/mol. The Balaban J connectivity index is 1.80. The van der Waals surface area contributed by atoms with E-state index in [9.17, 15) is 4.79 Å². The normalized spacial score (nSPS) is 27.3. The van der Waals surface area contributed by atoms with E-state index >= 15 is 0 Å². The number of aromatic nitrogens is 1. The zero-order valence-corrected chi connectivity index (χ0v) is 11.2. The largest absolute Gasteiger partial charge is 0.383 e. The highest BCUT2D eigenvalue weighted by Crippen LogP contribution is 2.29. The van der Waals surface area contributed by atoms with Gasteiger partial charge in [-0.1, -0.05) is 0 Å². The molecule has 102 valence electrons. The van der Waals surface area contributed by atoms with E-state index in [0.717, 1.165) is 19.5 Å². The van der Waals surface area contributed by atoms with Crippen LogP contribution in [0.5, 0.6) is 0 Å². The van der Waals surface area contributed by atoms with Gasteiger partial charge in [0.1, 0.15) is 5.82 Å². The van der Waals surface area contributed by atoms with Crippen molar-refractivity contribution in [3.63, 3.8) is 0 Å². The van der Waals surface area contributed by atoms with Gasteiger partial charge in [-0.25, -0.2) is 4.98 Å². The van der Waals surface area contributed by atoms with Gasteiger partial charge in [-0.15, -0.1) is 0 Å². The van der Waals surface area contributed by atoms with E-state index in [1.807, 2.05) is 4.90 Å². The summed E-state index contributed by atoms with van der Waals surface area (Å²) < 4.78 is 0. The molecule has 1 aromatic heterocycles. The molecule has 2 N–H and O–H groups in total. The van der Waals surface area contributed by atoms with Crippen LogP contribution in [-0.4, -0.2) is 52.9 Å². The minimum absolute atomic E-state index is 0.0200. The molecular weight excluding hydrogens is 240 g/mol. The number of nitrogens with zero attached hydrogens (tertiary/aromatic N) is 3. The quantitative estimate of drug-likeness (QED) is 0.817. The molecule has 2 bridgehead atoms. The Morgan fingerprint density at radius 2 is 2.16 bits per heavy atom. The molecule has 0 aliphatic carbocycles. The Kier molecular flexibility index (Phi) is 3.14. The van der Waals surface area contributed by atoms with E-state index in [4.69, 9.17) is 5.73 Å². The van der Waals surface area contributed by atoms with Gasteiger partial charge >= 0.3 is 0 Å². The molecule has 1 amide bonds. The number of pyridine rings is 1. The van der Waals surface area contributed by atoms with Crippen molar-refractivity contribution in [3.8, 4) is 0 Å². The number of carbonyl (C=O) groups excluding carboxylic acids is 1. The fourth-order valence-electron chi connectivity index (χ4n) is 3.26. The van der Waals surface area contributed by atoms with Gasteiger partial charge in [0.25, 0.3) is 5.91 Å². The number of carbonyl (C=O) groups is 1. The highest BCUT2D eigenvalue weighted by Gasteiger charge is 2.36. The first-order valence-corrected chi connectivity index (χ1v) is 6.88. The monoisotopic (exact) mass is 260 g/mol. The molecule has 3 heterocycles. The van der Waals surface area contributed by atoms with Gasteiger partial charge in [0.15, 0.2) is 0 Å². The summed E-state index contributed by atoms with van der Waals surface area (Å²) in [5.74, 6) is 0.349. The SMILES string of the molecule is CN1C2CCC1CN(C(=O)c1cccnc1N)CC2. The first-order chi connectivity index (χ1) is 9.16. The Bertz CT molecular complexity index is 490. The van der Waals surface area contributed by atoms with Gasteiger partial charge in [0.05, 0.1) is 5.56 Å². The summed E-state index contributed by atoms with van der Waals surface area (Å²) in [6.07, 6.45) is 5.12. The fourth-order valence-corrected chi connectivity index (χ4v) is 3.26. The lowest BCUT2D eigenvalue weighted by Gasteiger charge is -2.26. The number of nitrogen functional groups attached to an aromatic ring is 1. The van der Waals surface area contributed by atoms with Crippen molar-refractivity contribution in [1.29, 1.82) is 0 Å². The van der Waals surface area contributed by atoms with Crippen LogP contribution in [0, 0.1) is 0 Å². The topological polar surface area (TPSA) is 62.5 Å². The third-order valence-corrected chi connectivity index (χ3v) is 4.50. The first-order valence-electron chi connectivity index (χ1n) is 6.88. The average Bonchev–Trinajstić information content (AvgIpc) is 2.63. The molecular formula is C14H20N4O. The molecule has 0 aromatic carbocycles. The Morgan fingerprint density at radius 3 is 2.95 bits per heavy atom. The fraction of sp³-hybridized carbons (Fsp3) is 0.571. The van der Waals surface area contributed by atoms with Gasteiger partial charge in [-0.3, -0.25) is 9.69 Å². The predicted octanol–water partition coefficient (Wildman–Crippen LogP) is 0.972. The average molecular weight is 260 g/mol. The minimum atomic E-state index is 0.0200. The molecule has 2 aliphatic heterocycles. The molecule has 2 aliphatic rings. The van der Waals surface area contributed by atoms with Gasteiger partial charge in [-0.2, -0.15) is 0 Å². The van der Waals surface area contributed by atoms with Gasteiger partial charge in [0, 0.05) is 31.4 Å². The molecule has 5 heteroatoms. The number of likely N-dealkylation sites (tertiary alicyclic amines) is 1. The molecule has 3 rings (SSSR count). The number of fused-ring (bicyclic) bond motifs is 2. The second-order valence-corrected chi connectivity index (χ2v) is 5.53. The van der Waals surface area contributed by atoms with Crippen LogP contribution in [0.15, 0.2) is 18.3 Å². The van der Waals surface area contributed by atoms with E-state index in [2.05, 4.69) is 16.9 Å². The molecule has 2 atom stereocenters. The summed E-state index contributed by atoms with van der Waals surface area (Å²) in [4.78, 5) is 20.9. The third kappa shape index (κ3) is 2.18. The second kappa shape index (κ2) is 4.81. The molecule has 0 radical (unpaired) electrons. The lowest BCUT2D eigenvalue weighted by Crippen LogP contribution is -2.40. The summed E-state index contributed by atoms with van der Waals surface area (Å²) in [6.45, 7) is 1.62. The van der Waals surface area contributed by atoms with Crippen LogP contribution in [0.1, 0.15) is 29.6 Å². The molecule has 1 aromatic rings. The van der Waals surface area contributed by atoms with Crippen molar-refractivity contribution in [3.05, 3.63) is 23.9 Å². The van der Waals surface area contributed by atoms with Crippen molar-refractivity contribution in [1.82, 2.24) is 14.8 Å². The van der Waals surface area contributed by atoms with Crippen LogP contribution in [0.3, 0.4) is 0 Å². The first kappa shape index (κ1) is 12.4. The zero-order chi connectivity index (χ0) is 13.4. The highest BCUT2D eigenvalue weighted by atomic mass is 16.2. The number of hydrogen-bond donors (Lipinski definition) is 1. The molecule has 2 unspecified atom stereocenters.